The Bertz CT molecular complexity index is 592. The summed E-state index contributed by atoms with van der Waals surface area (Å²) in [6, 6.07) is 7.08. The van der Waals surface area contributed by atoms with Crippen molar-refractivity contribution in [3.8, 4) is 11.4 Å². The fourth-order valence-corrected chi connectivity index (χ4v) is 2.86. The van der Waals surface area contributed by atoms with E-state index in [9.17, 15) is 4.79 Å². The van der Waals surface area contributed by atoms with Gasteiger partial charge in [0.2, 0.25) is 0 Å². The van der Waals surface area contributed by atoms with E-state index in [0.29, 0.717) is 10.8 Å². The molecule has 0 N–H and O–H groups in total. The molecule has 0 spiro atoms. The minimum absolute atomic E-state index is 0.127. The van der Waals surface area contributed by atoms with Gasteiger partial charge in [-0.15, -0.1) is 16.9 Å². The highest BCUT2D eigenvalue weighted by Crippen LogP contribution is 2.18. The van der Waals surface area contributed by atoms with Gasteiger partial charge in [-0.3, -0.25) is 0 Å². The van der Waals surface area contributed by atoms with E-state index in [4.69, 9.17) is 11.6 Å². The Morgan fingerprint density at radius 1 is 1.32 bits per heavy atom. The number of hydrogen-bond donors (Lipinski definition) is 0. The number of benzene rings is 1. The van der Waals surface area contributed by atoms with Crippen LogP contribution in [0.25, 0.3) is 11.4 Å². The fourth-order valence-electron chi connectivity index (χ4n) is 1.80. The molecule has 2 aromatic rings. The van der Waals surface area contributed by atoms with Crippen molar-refractivity contribution in [2.24, 2.45) is 0 Å². The van der Waals surface area contributed by atoms with Crippen LogP contribution in [0.15, 0.2) is 30.6 Å². The van der Waals surface area contributed by atoms with Crippen LogP contribution in [0.5, 0.6) is 0 Å². The minimum atomic E-state index is -0.127. The van der Waals surface area contributed by atoms with E-state index in [1.54, 1.807) is 28.8 Å². The second kappa shape index (κ2) is 5.22. The van der Waals surface area contributed by atoms with Gasteiger partial charge in [0.15, 0.2) is 5.82 Å². The number of hydrogen-bond acceptors (Lipinski definition) is 4. The van der Waals surface area contributed by atoms with Crippen molar-refractivity contribution in [3.05, 3.63) is 35.6 Å². The van der Waals surface area contributed by atoms with Crippen molar-refractivity contribution in [3.63, 3.8) is 0 Å². The minimum Gasteiger partial charge on any atom is -0.313 e. The molecule has 7 heteroatoms. The molecule has 1 aromatic carbocycles. The maximum absolute atomic E-state index is 12.1. The number of carbonyl (C=O) groups is 1. The standard InChI is InChI=1S/C12H11ClN4OS/c13-10-3-1-9(2-4-10)11-14-7-17(15-11)12(18)16-5-6-19-8-16/h1-4,7H,5-6,8H2. The Balaban J connectivity index is 1.82. The summed E-state index contributed by atoms with van der Waals surface area (Å²) in [5.74, 6) is 2.22. The lowest BCUT2D eigenvalue weighted by Crippen LogP contribution is -2.32. The van der Waals surface area contributed by atoms with Crippen LogP contribution < -0.4 is 0 Å². The quantitative estimate of drug-likeness (QED) is 0.811. The van der Waals surface area contributed by atoms with Crippen molar-refractivity contribution in [2.75, 3.05) is 18.2 Å². The van der Waals surface area contributed by atoms with Gasteiger partial charge in [-0.05, 0) is 24.3 Å². The highest BCUT2D eigenvalue weighted by molar-refractivity contribution is 7.99. The average molecular weight is 295 g/mol. The Hall–Kier alpha value is -1.53. The van der Waals surface area contributed by atoms with E-state index in [1.165, 1.54) is 11.0 Å². The van der Waals surface area contributed by atoms with Crippen LogP contribution in [-0.2, 0) is 0 Å². The Morgan fingerprint density at radius 2 is 2.11 bits per heavy atom. The van der Waals surface area contributed by atoms with Crippen molar-refractivity contribution in [1.29, 1.82) is 0 Å². The summed E-state index contributed by atoms with van der Waals surface area (Å²) in [4.78, 5) is 18.0. The number of aromatic nitrogens is 3. The molecule has 1 saturated heterocycles. The fraction of sp³-hybridized carbons (Fsp3) is 0.250. The van der Waals surface area contributed by atoms with Crippen LogP contribution in [0, 0.1) is 0 Å². The molecule has 19 heavy (non-hydrogen) atoms. The van der Waals surface area contributed by atoms with Crippen molar-refractivity contribution >= 4 is 29.4 Å². The molecule has 0 saturated carbocycles. The van der Waals surface area contributed by atoms with E-state index in [0.717, 1.165) is 23.7 Å². The van der Waals surface area contributed by atoms with E-state index in [1.807, 2.05) is 12.1 Å². The molecule has 0 atom stereocenters. The lowest BCUT2D eigenvalue weighted by atomic mass is 10.2. The summed E-state index contributed by atoms with van der Waals surface area (Å²) in [5, 5.41) is 4.88. The number of halogens is 1. The molecular weight excluding hydrogens is 284 g/mol. The third-order valence-electron chi connectivity index (χ3n) is 2.81. The third-order valence-corrected chi connectivity index (χ3v) is 4.03. The van der Waals surface area contributed by atoms with Crippen LogP contribution in [-0.4, -0.2) is 43.9 Å². The van der Waals surface area contributed by atoms with Gasteiger partial charge in [0.1, 0.15) is 6.33 Å². The molecule has 1 aromatic heterocycles. The lowest BCUT2D eigenvalue weighted by Gasteiger charge is -2.12. The highest BCUT2D eigenvalue weighted by Gasteiger charge is 2.21. The molecule has 1 fully saturated rings. The molecule has 1 amide bonds. The molecule has 1 aliphatic heterocycles. The maximum atomic E-state index is 12.1. The van der Waals surface area contributed by atoms with E-state index in [2.05, 4.69) is 10.1 Å². The molecule has 2 heterocycles. The van der Waals surface area contributed by atoms with Crippen LogP contribution in [0.3, 0.4) is 0 Å². The van der Waals surface area contributed by atoms with Gasteiger partial charge in [-0.1, -0.05) is 11.6 Å². The summed E-state index contributed by atoms with van der Waals surface area (Å²) in [6.07, 6.45) is 1.45. The normalized spacial score (nSPS) is 14.9. The first kappa shape index (κ1) is 12.5. The zero-order chi connectivity index (χ0) is 13.2. The monoisotopic (exact) mass is 294 g/mol. The Kier molecular flexibility index (Phi) is 3.44. The number of rotatable bonds is 1. The summed E-state index contributed by atoms with van der Waals surface area (Å²) in [5.41, 5.74) is 0.840. The molecule has 98 valence electrons. The number of carbonyl (C=O) groups excluding carboxylic acids is 1. The number of nitrogens with zero attached hydrogens (tertiary/aromatic N) is 4. The zero-order valence-corrected chi connectivity index (χ0v) is 11.6. The first-order valence-corrected chi connectivity index (χ1v) is 7.32. The van der Waals surface area contributed by atoms with Crippen LogP contribution in [0.2, 0.25) is 5.02 Å². The van der Waals surface area contributed by atoms with Gasteiger partial charge < -0.3 is 4.90 Å². The molecule has 1 aliphatic rings. The van der Waals surface area contributed by atoms with Crippen LogP contribution in [0.4, 0.5) is 4.79 Å². The molecule has 0 aliphatic carbocycles. The topological polar surface area (TPSA) is 51.0 Å². The molecule has 5 nitrogen and oxygen atoms in total. The van der Waals surface area contributed by atoms with Crippen LogP contribution >= 0.6 is 23.4 Å². The average Bonchev–Trinajstić information content (AvgIpc) is 3.10. The molecule has 0 bridgehead atoms. The Labute approximate surface area is 119 Å². The summed E-state index contributed by atoms with van der Waals surface area (Å²) in [6.45, 7) is 0.764. The Morgan fingerprint density at radius 3 is 2.79 bits per heavy atom. The highest BCUT2D eigenvalue weighted by atomic mass is 35.5. The predicted molar refractivity (Wildman–Crippen MR) is 75.3 cm³/mol. The van der Waals surface area contributed by atoms with Crippen molar-refractivity contribution < 1.29 is 4.79 Å². The van der Waals surface area contributed by atoms with Gasteiger partial charge >= 0.3 is 6.03 Å². The van der Waals surface area contributed by atoms with Gasteiger partial charge in [-0.25, -0.2) is 9.78 Å². The number of thioether (sulfide) groups is 1. The van der Waals surface area contributed by atoms with E-state index < -0.39 is 0 Å². The molecule has 0 unspecified atom stereocenters. The molecule has 0 radical (unpaired) electrons. The maximum Gasteiger partial charge on any atom is 0.346 e. The van der Waals surface area contributed by atoms with Gasteiger partial charge in [0.25, 0.3) is 0 Å². The summed E-state index contributed by atoms with van der Waals surface area (Å²) in [7, 11) is 0. The van der Waals surface area contributed by atoms with Gasteiger partial charge in [-0.2, -0.15) is 4.68 Å². The summed E-state index contributed by atoms with van der Waals surface area (Å²) < 4.78 is 1.29. The second-order valence-corrected chi connectivity index (χ2v) is 5.61. The molecular formula is C12H11ClN4OS. The number of amides is 1. The van der Waals surface area contributed by atoms with Gasteiger partial charge in [0.05, 0.1) is 5.88 Å². The second-order valence-electron chi connectivity index (χ2n) is 4.10. The van der Waals surface area contributed by atoms with Crippen molar-refractivity contribution in [1.82, 2.24) is 19.7 Å². The van der Waals surface area contributed by atoms with Crippen LogP contribution in [0.1, 0.15) is 0 Å². The first-order valence-electron chi connectivity index (χ1n) is 5.79. The zero-order valence-electron chi connectivity index (χ0n) is 9.99. The third kappa shape index (κ3) is 2.59. The predicted octanol–water partition coefficient (Wildman–Crippen LogP) is 2.57. The van der Waals surface area contributed by atoms with E-state index >= 15 is 0 Å². The lowest BCUT2D eigenvalue weighted by molar-refractivity contribution is 0.209. The van der Waals surface area contributed by atoms with Gasteiger partial charge in [0, 0.05) is 22.9 Å². The smallest absolute Gasteiger partial charge is 0.313 e. The molecule has 3 rings (SSSR count). The first-order chi connectivity index (χ1) is 9.24. The van der Waals surface area contributed by atoms with Crippen molar-refractivity contribution in [2.45, 2.75) is 0 Å². The largest absolute Gasteiger partial charge is 0.346 e. The van der Waals surface area contributed by atoms with E-state index in [-0.39, 0.29) is 6.03 Å². The SMILES string of the molecule is O=C(N1CCSC1)n1cnc(-c2ccc(Cl)cc2)n1. The summed E-state index contributed by atoms with van der Waals surface area (Å²) >= 11 is 7.57.